The summed E-state index contributed by atoms with van der Waals surface area (Å²) in [5.74, 6) is 0. The molecule has 2 aromatic carbocycles. The molecule has 5 heteroatoms. The molecule has 0 unspecified atom stereocenters. The smallest absolute Gasteiger partial charge is 0.106 e. The zero-order valence-corrected chi connectivity index (χ0v) is 12.3. The fourth-order valence-corrected chi connectivity index (χ4v) is 3.02. The van der Waals surface area contributed by atoms with E-state index in [0.29, 0.717) is 5.69 Å². The van der Waals surface area contributed by atoms with Gasteiger partial charge in [0, 0.05) is 9.26 Å². The second kappa shape index (κ2) is 4.74. The van der Waals surface area contributed by atoms with E-state index in [1.165, 1.54) is 3.57 Å². The van der Waals surface area contributed by atoms with Crippen molar-refractivity contribution in [2.75, 3.05) is 11.1 Å². The van der Waals surface area contributed by atoms with Crippen LogP contribution in [-0.2, 0) is 0 Å². The number of fused-ring (bicyclic) bond motifs is 1. The molecule has 3 aromatic rings. The summed E-state index contributed by atoms with van der Waals surface area (Å²) < 4.78 is 2.30. The summed E-state index contributed by atoms with van der Waals surface area (Å²) in [7, 11) is 0. The van der Waals surface area contributed by atoms with E-state index >= 15 is 0 Å². The number of anilines is 3. The predicted octanol–water partition coefficient (Wildman–Crippen LogP) is 4.23. The van der Waals surface area contributed by atoms with E-state index in [4.69, 9.17) is 5.73 Å². The van der Waals surface area contributed by atoms with Gasteiger partial charge in [-0.15, -0.1) is 11.3 Å². The van der Waals surface area contributed by atoms with Crippen molar-refractivity contribution in [3.63, 3.8) is 0 Å². The van der Waals surface area contributed by atoms with Crippen LogP contribution in [0.5, 0.6) is 0 Å². The number of aromatic nitrogens is 1. The van der Waals surface area contributed by atoms with Crippen molar-refractivity contribution < 1.29 is 0 Å². The average Bonchev–Trinajstić information content (AvgIpc) is 2.82. The summed E-state index contributed by atoms with van der Waals surface area (Å²) in [6.07, 6.45) is 0. The second-order valence-electron chi connectivity index (χ2n) is 3.86. The third kappa shape index (κ3) is 2.15. The van der Waals surface area contributed by atoms with Crippen LogP contribution in [0.15, 0.2) is 41.9 Å². The van der Waals surface area contributed by atoms with E-state index in [1.807, 2.05) is 29.8 Å². The Morgan fingerprint density at radius 3 is 2.94 bits per heavy atom. The molecule has 0 radical (unpaired) electrons. The Balaban J connectivity index is 2.02. The van der Waals surface area contributed by atoms with Crippen LogP contribution in [0.4, 0.5) is 17.1 Å². The molecule has 0 saturated carbocycles. The molecule has 0 saturated heterocycles. The second-order valence-corrected chi connectivity index (χ2v) is 5.99. The van der Waals surface area contributed by atoms with Crippen LogP contribution in [0, 0.1) is 3.57 Å². The third-order valence-corrected chi connectivity index (χ3v) is 4.11. The molecule has 1 heterocycles. The lowest BCUT2D eigenvalue weighted by Gasteiger charge is -2.09. The Hall–Kier alpha value is -1.34. The van der Waals surface area contributed by atoms with E-state index in [9.17, 15) is 0 Å². The molecular formula is C13H10IN3S. The Labute approximate surface area is 122 Å². The maximum atomic E-state index is 6.13. The molecule has 90 valence electrons. The maximum Gasteiger partial charge on any atom is 0.106 e. The van der Waals surface area contributed by atoms with Crippen molar-refractivity contribution in [3.8, 4) is 0 Å². The minimum absolute atomic E-state index is 0.701. The highest BCUT2D eigenvalue weighted by Gasteiger charge is 2.06. The van der Waals surface area contributed by atoms with Gasteiger partial charge in [0.25, 0.3) is 0 Å². The Bertz CT molecular complexity index is 708. The molecule has 0 aliphatic carbocycles. The molecule has 0 fully saturated rings. The van der Waals surface area contributed by atoms with Gasteiger partial charge >= 0.3 is 0 Å². The number of hydrogen-bond donors (Lipinski definition) is 2. The molecule has 0 aliphatic heterocycles. The number of rotatable bonds is 2. The van der Waals surface area contributed by atoms with Crippen LogP contribution in [0.25, 0.3) is 10.2 Å². The molecule has 0 aliphatic rings. The highest BCUT2D eigenvalue weighted by Crippen LogP contribution is 2.32. The van der Waals surface area contributed by atoms with Crippen molar-refractivity contribution in [2.24, 2.45) is 0 Å². The minimum atomic E-state index is 0.701. The van der Waals surface area contributed by atoms with Gasteiger partial charge in [0.2, 0.25) is 0 Å². The lowest BCUT2D eigenvalue weighted by atomic mass is 10.2. The van der Waals surface area contributed by atoms with Crippen LogP contribution >= 0.6 is 33.9 Å². The first-order valence-electron chi connectivity index (χ1n) is 5.38. The van der Waals surface area contributed by atoms with Gasteiger partial charge in [-0.1, -0.05) is 6.07 Å². The number of benzene rings is 2. The maximum absolute atomic E-state index is 6.13. The predicted molar refractivity (Wildman–Crippen MR) is 86.5 cm³/mol. The molecule has 18 heavy (non-hydrogen) atoms. The van der Waals surface area contributed by atoms with E-state index < -0.39 is 0 Å². The quantitative estimate of drug-likeness (QED) is 0.527. The van der Waals surface area contributed by atoms with Gasteiger partial charge < -0.3 is 11.1 Å². The summed E-state index contributed by atoms with van der Waals surface area (Å²) >= 11 is 3.89. The molecule has 3 nitrogen and oxygen atoms in total. The molecule has 0 amide bonds. The fraction of sp³-hybridized carbons (Fsp3) is 0. The van der Waals surface area contributed by atoms with Gasteiger partial charge in [-0.2, -0.15) is 0 Å². The summed E-state index contributed by atoms with van der Waals surface area (Å²) in [5, 5.41) is 3.33. The number of halogens is 1. The lowest BCUT2D eigenvalue weighted by Crippen LogP contribution is -1.97. The van der Waals surface area contributed by atoms with Crippen LogP contribution in [-0.4, -0.2) is 4.98 Å². The zero-order chi connectivity index (χ0) is 12.5. The Morgan fingerprint density at radius 1 is 1.22 bits per heavy atom. The minimum Gasteiger partial charge on any atom is -0.395 e. The van der Waals surface area contributed by atoms with Crippen molar-refractivity contribution in [2.45, 2.75) is 0 Å². The third-order valence-electron chi connectivity index (χ3n) is 2.65. The standard InChI is InChI=1S/C13H10IN3S/c14-8-2-1-3-9(6-8)17-10-4-5-11-13(12(10)15)16-7-18-11/h1-7,17H,15H2. The number of nitrogens with one attached hydrogen (secondary N) is 1. The first kappa shape index (κ1) is 11.7. The van der Waals surface area contributed by atoms with Crippen molar-refractivity contribution in [1.82, 2.24) is 4.98 Å². The van der Waals surface area contributed by atoms with Gasteiger partial charge in [-0.3, -0.25) is 0 Å². The summed E-state index contributed by atoms with van der Waals surface area (Å²) in [6.45, 7) is 0. The first-order chi connectivity index (χ1) is 8.74. The zero-order valence-electron chi connectivity index (χ0n) is 9.35. The molecule has 1 aromatic heterocycles. The first-order valence-corrected chi connectivity index (χ1v) is 7.34. The summed E-state index contributed by atoms with van der Waals surface area (Å²) in [5.41, 5.74) is 11.4. The normalized spacial score (nSPS) is 10.7. The van der Waals surface area contributed by atoms with Crippen molar-refractivity contribution >= 4 is 61.2 Å². The summed E-state index contributed by atoms with van der Waals surface area (Å²) in [6, 6.07) is 12.2. The van der Waals surface area contributed by atoms with E-state index in [2.05, 4.69) is 45.0 Å². The van der Waals surface area contributed by atoms with Gasteiger partial charge in [0.1, 0.15) is 5.52 Å². The van der Waals surface area contributed by atoms with E-state index in [0.717, 1.165) is 21.6 Å². The van der Waals surface area contributed by atoms with E-state index in [-0.39, 0.29) is 0 Å². The number of nitrogens with two attached hydrogens (primary N) is 1. The molecule has 0 atom stereocenters. The SMILES string of the molecule is Nc1c(Nc2cccc(I)c2)ccc2scnc12. The van der Waals surface area contributed by atoms with Gasteiger partial charge in [-0.05, 0) is 52.9 Å². The van der Waals surface area contributed by atoms with Gasteiger partial charge in [0.15, 0.2) is 0 Å². The molecule has 3 N–H and O–H groups in total. The Morgan fingerprint density at radius 2 is 2.11 bits per heavy atom. The van der Waals surface area contributed by atoms with Crippen LogP contribution in [0.2, 0.25) is 0 Å². The highest BCUT2D eigenvalue weighted by molar-refractivity contribution is 14.1. The van der Waals surface area contributed by atoms with Gasteiger partial charge in [-0.25, -0.2) is 4.98 Å². The van der Waals surface area contributed by atoms with Gasteiger partial charge in [0.05, 0.1) is 21.6 Å². The molecular weight excluding hydrogens is 357 g/mol. The number of thiazole rings is 1. The highest BCUT2D eigenvalue weighted by atomic mass is 127. The fourth-order valence-electron chi connectivity index (χ4n) is 1.78. The Kier molecular flexibility index (Phi) is 3.09. The van der Waals surface area contributed by atoms with Crippen LogP contribution in [0.3, 0.4) is 0 Å². The van der Waals surface area contributed by atoms with Crippen LogP contribution in [0.1, 0.15) is 0 Å². The topological polar surface area (TPSA) is 50.9 Å². The van der Waals surface area contributed by atoms with E-state index in [1.54, 1.807) is 11.3 Å². The molecule has 0 bridgehead atoms. The van der Waals surface area contributed by atoms with Crippen LogP contribution < -0.4 is 11.1 Å². The molecule has 0 spiro atoms. The monoisotopic (exact) mass is 367 g/mol. The summed E-state index contributed by atoms with van der Waals surface area (Å²) in [4.78, 5) is 4.29. The average molecular weight is 367 g/mol. The van der Waals surface area contributed by atoms with Crippen molar-refractivity contribution in [3.05, 3.63) is 45.5 Å². The lowest BCUT2D eigenvalue weighted by molar-refractivity contribution is 1.48. The largest absolute Gasteiger partial charge is 0.395 e. The van der Waals surface area contributed by atoms with Crippen molar-refractivity contribution in [1.29, 1.82) is 0 Å². The number of nitrogens with zero attached hydrogens (tertiary/aromatic N) is 1. The number of nitrogen functional groups attached to an aromatic ring is 1. The molecule has 3 rings (SSSR count). The number of hydrogen-bond acceptors (Lipinski definition) is 4.